The molecule has 1 aromatic carbocycles. The van der Waals surface area contributed by atoms with Crippen molar-refractivity contribution in [2.45, 2.75) is 26.3 Å². The van der Waals surface area contributed by atoms with Crippen LogP contribution in [0.4, 0.5) is 0 Å². The number of amides is 1. The highest BCUT2D eigenvalue weighted by molar-refractivity contribution is 5.84. The smallest absolute Gasteiger partial charge is 0.326 e. The minimum Gasteiger partial charge on any atom is -0.504 e. The van der Waals surface area contributed by atoms with Crippen molar-refractivity contribution >= 4 is 11.9 Å². The van der Waals surface area contributed by atoms with Crippen molar-refractivity contribution in [1.82, 2.24) is 5.32 Å². The van der Waals surface area contributed by atoms with Crippen molar-refractivity contribution in [3.8, 4) is 11.5 Å². The first-order valence-electron chi connectivity index (χ1n) is 5.85. The Morgan fingerprint density at radius 3 is 2.32 bits per heavy atom. The number of hydrogen-bond acceptors (Lipinski definition) is 4. The number of carboxylic acids is 1. The normalized spacial score (nSPS) is 12.2. The van der Waals surface area contributed by atoms with Crippen LogP contribution in [0.15, 0.2) is 18.2 Å². The number of rotatable bonds is 5. The van der Waals surface area contributed by atoms with Crippen molar-refractivity contribution < 1.29 is 24.9 Å². The second-order valence-corrected chi connectivity index (χ2v) is 4.58. The van der Waals surface area contributed by atoms with E-state index in [2.05, 4.69) is 5.32 Å². The van der Waals surface area contributed by atoms with Gasteiger partial charge in [-0.1, -0.05) is 19.9 Å². The van der Waals surface area contributed by atoms with Gasteiger partial charge in [-0.25, -0.2) is 4.79 Å². The fraction of sp³-hybridized carbons (Fsp3) is 0.385. The first-order chi connectivity index (χ1) is 8.81. The summed E-state index contributed by atoms with van der Waals surface area (Å²) in [6, 6.07) is 2.96. The summed E-state index contributed by atoms with van der Waals surface area (Å²) in [7, 11) is 0. The average Bonchev–Trinajstić information content (AvgIpc) is 2.32. The molecule has 0 aliphatic carbocycles. The van der Waals surface area contributed by atoms with Gasteiger partial charge in [-0.15, -0.1) is 0 Å². The Balaban J connectivity index is 2.81. The van der Waals surface area contributed by atoms with Gasteiger partial charge in [-0.05, 0) is 17.7 Å². The van der Waals surface area contributed by atoms with Crippen LogP contribution in [0.5, 0.6) is 11.5 Å². The first-order valence-corrected chi connectivity index (χ1v) is 5.85. The van der Waals surface area contributed by atoms with Crippen molar-refractivity contribution in [2.24, 2.45) is 5.92 Å². The van der Waals surface area contributed by atoms with Gasteiger partial charge in [0.05, 0.1) is 0 Å². The molecule has 1 rings (SSSR count). The van der Waals surface area contributed by atoms with E-state index in [1.165, 1.54) is 18.2 Å². The molecule has 0 radical (unpaired) electrons. The number of carbonyl (C=O) groups is 2. The molecule has 19 heavy (non-hydrogen) atoms. The van der Waals surface area contributed by atoms with Crippen LogP contribution >= 0.6 is 0 Å². The number of benzene rings is 1. The van der Waals surface area contributed by atoms with Crippen molar-refractivity contribution in [3.05, 3.63) is 23.8 Å². The van der Waals surface area contributed by atoms with E-state index in [9.17, 15) is 14.7 Å². The molecule has 6 nitrogen and oxygen atoms in total. The van der Waals surface area contributed by atoms with Crippen LogP contribution in [0.1, 0.15) is 19.4 Å². The summed E-state index contributed by atoms with van der Waals surface area (Å²) in [4.78, 5) is 22.6. The molecule has 0 saturated carbocycles. The Morgan fingerprint density at radius 2 is 1.84 bits per heavy atom. The lowest BCUT2D eigenvalue weighted by Gasteiger charge is -2.16. The van der Waals surface area contributed by atoms with Crippen LogP contribution in [0.3, 0.4) is 0 Å². The molecule has 0 aliphatic heterocycles. The van der Waals surface area contributed by atoms with Crippen LogP contribution in [0.25, 0.3) is 0 Å². The predicted octanol–water partition coefficient (Wildman–Crippen LogP) is 0.866. The maximum absolute atomic E-state index is 11.5. The van der Waals surface area contributed by atoms with Gasteiger partial charge in [0.1, 0.15) is 6.04 Å². The first kappa shape index (κ1) is 14.8. The third-order valence-corrected chi connectivity index (χ3v) is 2.62. The molecular formula is C13H17NO5. The zero-order valence-corrected chi connectivity index (χ0v) is 10.8. The maximum atomic E-state index is 11.5. The average molecular weight is 267 g/mol. The van der Waals surface area contributed by atoms with Crippen LogP contribution < -0.4 is 5.32 Å². The standard InChI is InChI=1S/C13H17NO5/c1-7(2)12(17)14-9(13(18)19)5-8-3-4-10(15)11(16)6-8/h3-4,6-7,9,15-16H,5H2,1-2H3,(H,14,17)(H,18,19). The summed E-state index contributed by atoms with van der Waals surface area (Å²) in [6.45, 7) is 3.33. The van der Waals surface area contributed by atoms with Gasteiger partial charge in [0.2, 0.25) is 5.91 Å². The largest absolute Gasteiger partial charge is 0.504 e. The summed E-state index contributed by atoms with van der Waals surface area (Å²) in [5.41, 5.74) is 0.506. The Kier molecular flexibility index (Phi) is 4.74. The molecule has 0 heterocycles. The Labute approximate surface area is 110 Å². The van der Waals surface area contributed by atoms with Crippen LogP contribution in [-0.2, 0) is 16.0 Å². The molecule has 1 unspecified atom stereocenters. The topological polar surface area (TPSA) is 107 Å². The summed E-state index contributed by atoms with van der Waals surface area (Å²) >= 11 is 0. The van der Waals surface area contributed by atoms with E-state index < -0.39 is 12.0 Å². The number of phenols is 2. The third-order valence-electron chi connectivity index (χ3n) is 2.62. The predicted molar refractivity (Wildman–Crippen MR) is 67.9 cm³/mol. The summed E-state index contributed by atoms with van der Waals surface area (Å²) in [5, 5.41) is 30.0. The molecule has 104 valence electrons. The van der Waals surface area contributed by atoms with E-state index in [0.29, 0.717) is 5.56 Å². The van der Waals surface area contributed by atoms with Crippen molar-refractivity contribution in [2.75, 3.05) is 0 Å². The van der Waals surface area contributed by atoms with Gasteiger partial charge < -0.3 is 20.6 Å². The maximum Gasteiger partial charge on any atom is 0.326 e. The molecule has 0 aromatic heterocycles. The van der Waals surface area contributed by atoms with E-state index in [-0.39, 0.29) is 29.7 Å². The zero-order chi connectivity index (χ0) is 14.6. The highest BCUT2D eigenvalue weighted by Gasteiger charge is 2.22. The van der Waals surface area contributed by atoms with E-state index >= 15 is 0 Å². The molecule has 0 saturated heterocycles. The highest BCUT2D eigenvalue weighted by atomic mass is 16.4. The van der Waals surface area contributed by atoms with Gasteiger partial charge in [-0.3, -0.25) is 4.79 Å². The van der Waals surface area contributed by atoms with Crippen LogP contribution in [0.2, 0.25) is 0 Å². The number of aliphatic carboxylic acids is 1. The monoisotopic (exact) mass is 267 g/mol. The minimum absolute atomic E-state index is 0.0294. The van der Waals surface area contributed by atoms with Gasteiger partial charge in [-0.2, -0.15) is 0 Å². The van der Waals surface area contributed by atoms with Crippen molar-refractivity contribution in [3.63, 3.8) is 0 Å². The number of hydrogen-bond donors (Lipinski definition) is 4. The molecule has 1 aromatic rings. The Hall–Kier alpha value is -2.24. The van der Waals surface area contributed by atoms with Gasteiger partial charge >= 0.3 is 5.97 Å². The van der Waals surface area contributed by atoms with E-state index in [1.54, 1.807) is 13.8 Å². The Morgan fingerprint density at radius 1 is 1.21 bits per heavy atom. The third kappa shape index (κ3) is 4.17. The second-order valence-electron chi connectivity index (χ2n) is 4.58. The van der Waals surface area contributed by atoms with E-state index in [0.717, 1.165) is 0 Å². The fourth-order valence-corrected chi connectivity index (χ4v) is 1.47. The molecule has 0 spiro atoms. The van der Waals surface area contributed by atoms with Crippen molar-refractivity contribution in [1.29, 1.82) is 0 Å². The van der Waals surface area contributed by atoms with Crippen LogP contribution in [0, 0.1) is 5.92 Å². The van der Waals surface area contributed by atoms with E-state index in [1.807, 2.05) is 0 Å². The fourth-order valence-electron chi connectivity index (χ4n) is 1.47. The molecule has 0 aliphatic rings. The SMILES string of the molecule is CC(C)C(=O)NC(Cc1ccc(O)c(O)c1)C(=O)O. The van der Waals surface area contributed by atoms with Gasteiger partial charge in [0.25, 0.3) is 0 Å². The van der Waals surface area contributed by atoms with Gasteiger partial charge in [0.15, 0.2) is 11.5 Å². The molecule has 1 atom stereocenters. The lowest BCUT2D eigenvalue weighted by molar-refractivity contribution is -0.142. The zero-order valence-electron chi connectivity index (χ0n) is 10.8. The number of carbonyl (C=O) groups excluding carboxylic acids is 1. The number of phenolic OH excluding ortho intramolecular Hbond substituents is 2. The molecule has 0 fully saturated rings. The Bertz CT molecular complexity index is 484. The highest BCUT2D eigenvalue weighted by Crippen LogP contribution is 2.25. The second kappa shape index (κ2) is 6.08. The quantitative estimate of drug-likeness (QED) is 0.592. The van der Waals surface area contributed by atoms with Crippen LogP contribution in [-0.4, -0.2) is 33.2 Å². The molecular weight excluding hydrogens is 250 g/mol. The number of carboxylic acid groups (broad SMARTS) is 1. The summed E-state index contributed by atoms with van der Waals surface area (Å²) in [6.07, 6.45) is 0.0294. The molecule has 1 amide bonds. The molecule has 4 N–H and O–H groups in total. The minimum atomic E-state index is -1.15. The van der Waals surface area contributed by atoms with Gasteiger partial charge in [0, 0.05) is 12.3 Å². The lowest BCUT2D eigenvalue weighted by atomic mass is 10.0. The van der Waals surface area contributed by atoms with E-state index in [4.69, 9.17) is 10.2 Å². The summed E-state index contributed by atoms with van der Waals surface area (Å²) in [5.74, 6) is -2.41. The molecule has 6 heteroatoms. The number of nitrogens with one attached hydrogen (secondary N) is 1. The summed E-state index contributed by atoms with van der Waals surface area (Å²) < 4.78 is 0. The molecule has 0 bridgehead atoms. The lowest BCUT2D eigenvalue weighted by Crippen LogP contribution is -2.44. The number of aromatic hydroxyl groups is 2.